The van der Waals surface area contributed by atoms with Crippen LogP contribution >= 0.6 is 34.8 Å². The van der Waals surface area contributed by atoms with Crippen molar-refractivity contribution in [3.05, 3.63) is 102 Å². The number of halogens is 3. The molecule has 0 fully saturated rings. The molecule has 0 atom stereocenters. The van der Waals surface area contributed by atoms with E-state index < -0.39 is 22.8 Å². The number of ketones is 3. The summed E-state index contributed by atoms with van der Waals surface area (Å²) in [5.74, 6) is 0.330. The van der Waals surface area contributed by atoms with Gasteiger partial charge in [0, 0.05) is 40.9 Å². The molecular formula is C45H57Cl3O15. The highest BCUT2D eigenvalue weighted by molar-refractivity contribution is 6.63. The standard InChI is InChI=1S/C15H19ClO5.C15H18O5.C12H16O4.C3H4Cl2O/c1-15(2,19)14(18)11-3-5-12(6-4-11)20-9-10-21-13(17)7-8-16;1-4-13(16)20-10-9-19-12-7-5-11(6-8-12)14(17)15(2,3)18;1-12(2,15)11(14)9-3-5-10(6-4-9)16-8-7-13;4-2-1-3(5)6/h3-6,19H,7-10H2,1-2H3;4-8,18H,1,9-10H2,2-3H3;3-6,13,15H,7-8H2,1-2H3;1-2H2. The van der Waals surface area contributed by atoms with Crippen molar-refractivity contribution in [3.8, 4) is 17.2 Å². The minimum Gasteiger partial charge on any atom is -0.491 e. The SMILES string of the molecule is C=CC(=O)OCCOc1ccc(C(=O)C(C)(C)O)cc1.CC(C)(O)C(=O)c1ccc(OCCO)cc1.CC(C)(O)C(=O)c1ccc(OCCOC(=O)CCCl)cc1.O=C(Cl)CCCl. The molecule has 0 bridgehead atoms. The maximum absolute atomic E-state index is 11.8. The molecule has 0 radical (unpaired) electrons. The van der Waals surface area contributed by atoms with Crippen LogP contribution in [0.2, 0.25) is 0 Å². The lowest BCUT2D eigenvalue weighted by molar-refractivity contribution is -0.144. The quantitative estimate of drug-likeness (QED) is 0.0215. The third kappa shape index (κ3) is 26.4. The summed E-state index contributed by atoms with van der Waals surface area (Å²) in [5.41, 5.74) is -2.93. The fourth-order valence-electron chi connectivity index (χ4n) is 4.23. The number of aliphatic hydroxyl groups excluding tert-OH is 1. The average Bonchev–Trinajstić information content (AvgIpc) is 3.22. The van der Waals surface area contributed by atoms with Crippen LogP contribution in [0, 0.1) is 0 Å². The van der Waals surface area contributed by atoms with Gasteiger partial charge in [-0.25, -0.2) is 4.79 Å². The molecule has 0 unspecified atom stereocenters. The molecule has 0 saturated carbocycles. The number of aliphatic hydroxyl groups is 4. The summed E-state index contributed by atoms with van der Waals surface area (Å²) in [6.45, 7) is 12.8. The number of benzene rings is 3. The maximum atomic E-state index is 11.8. The van der Waals surface area contributed by atoms with Crippen LogP contribution in [0.4, 0.5) is 0 Å². The van der Waals surface area contributed by atoms with Gasteiger partial charge in [-0.15, -0.1) is 23.2 Å². The summed E-state index contributed by atoms with van der Waals surface area (Å²) in [7, 11) is 0. The summed E-state index contributed by atoms with van der Waals surface area (Å²) in [6.07, 6.45) is 1.52. The lowest BCUT2D eigenvalue weighted by atomic mass is 9.97. The monoisotopic (exact) mass is 942 g/mol. The van der Waals surface area contributed by atoms with Crippen molar-refractivity contribution in [2.45, 2.75) is 71.2 Å². The Morgan fingerprint density at radius 1 is 0.540 bits per heavy atom. The predicted molar refractivity (Wildman–Crippen MR) is 238 cm³/mol. The van der Waals surface area contributed by atoms with Gasteiger partial charge in [-0.2, -0.15) is 0 Å². The fraction of sp³-hybridized carbons (Fsp3) is 0.422. The van der Waals surface area contributed by atoms with E-state index >= 15 is 0 Å². The van der Waals surface area contributed by atoms with E-state index in [4.69, 9.17) is 63.6 Å². The van der Waals surface area contributed by atoms with Crippen LogP contribution < -0.4 is 14.2 Å². The van der Waals surface area contributed by atoms with Crippen LogP contribution in [0.5, 0.6) is 17.2 Å². The molecule has 0 heterocycles. The summed E-state index contributed by atoms with van der Waals surface area (Å²) >= 11 is 15.3. The molecular weight excluding hydrogens is 887 g/mol. The molecule has 15 nitrogen and oxygen atoms in total. The molecule has 63 heavy (non-hydrogen) atoms. The Morgan fingerprint density at radius 2 is 0.857 bits per heavy atom. The summed E-state index contributed by atoms with van der Waals surface area (Å²) in [6, 6.07) is 19.2. The third-order valence-electron chi connectivity index (χ3n) is 7.34. The van der Waals surface area contributed by atoms with Crippen LogP contribution in [0.1, 0.15) is 85.5 Å². The van der Waals surface area contributed by atoms with Crippen molar-refractivity contribution < 1.29 is 72.9 Å². The summed E-state index contributed by atoms with van der Waals surface area (Å²) < 4.78 is 25.5. The van der Waals surface area contributed by atoms with Crippen molar-refractivity contribution in [2.75, 3.05) is 51.4 Å². The smallest absolute Gasteiger partial charge is 0.330 e. The van der Waals surface area contributed by atoms with Crippen molar-refractivity contribution in [2.24, 2.45) is 0 Å². The largest absolute Gasteiger partial charge is 0.491 e. The molecule has 0 amide bonds. The zero-order valence-electron chi connectivity index (χ0n) is 36.2. The molecule has 348 valence electrons. The number of hydrogen-bond donors (Lipinski definition) is 4. The van der Waals surface area contributed by atoms with Crippen LogP contribution in [-0.2, 0) is 23.9 Å². The molecule has 3 rings (SSSR count). The molecule has 3 aromatic rings. The first kappa shape index (κ1) is 58.1. The van der Waals surface area contributed by atoms with Crippen LogP contribution in [0.25, 0.3) is 0 Å². The third-order valence-corrected chi connectivity index (χ3v) is 7.91. The highest BCUT2D eigenvalue weighted by atomic mass is 35.5. The number of hydrogen-bond acceptors (Lipinski definition) is 15. The van der Waals surface area contributed by atoms with Gasteiger partial charge < -0.3 is 44.1 Å². The Kier molecular flexibility index (Phi) is 27.9. The second-order valence-electron chi connectivity index (χ2n) is 14.3. The van der Waals surface area contributed by atoms with Crippen LogP contribution in [0.3, 0.4) is 0 Å². The summed E-state index contributed by atoms with van der Waals surface area (Å²) in [4.78, 5) is 66.8. The Morgan fingerprint density at radius 3 is 1.11 bits per heavy atom. The minimum absolute atomic E-state index is 0.0512. The predicted octanol–water partition coefficient (Wildman–Crippen LogP) is 6.33. The molecule has 0 saturated heterocycles. The van der Waals surface area contributed by atoms with Gasteiger partial charge in [-0.05, 0) is 126 Å². The lowest BCUT2D eigenvalue weighted by Crippen LogP contribution is -2.30. The Hall–Kier alpha value is -4.87. The Bertz CT molecular complexity index is 1860. The second kappa shape index (κ2) is 30.3. The van der Waals surface area contributed by atoms with E-state index in [0.717, 1.165) is 6.08 Å². The van der Waals surface area contributed by atoms with Gasteiger partial charge >= 0.3 is 11.9 Å². The normalized spacial score (nSPS) is 10.7. The van der Waals surface area contributed by atoms with Crippen molar-refractivity contribution >= 4 is 69.3 Å². The topological polar surface area (TPSA) is 229 Å². The molecule has 0 aliphatic rings. The molecule has 0 aliphatic carbocycles. The van der Waals surface area contributed by atoms with Crippen molar-refractivity contribution in [1.82, 2.24) is 0 Å². The second-order valence-corrected chi connectivity index (χ2v) is 15.5. The molecule has 0 aliphatic heterocycles. The van der Waals surface area contributed by atoms with E-state index in [0.29, 0.717) is 39.8 Å². The van der Waals surface area contributed by atoms with Gasteiger partial charge in [0.2, 0.25) is 5.24 Å². The first-order valence-electron chi connectivity index (χ1n) is 19.3. The van der Waals surface area contributed by atoms with E-state index in [2.05, 4.69) is 6.58 Å². The first-order valence-corrected chi connectivity index (χ1v) is 20.7. The van der Waals surface area contributed by atoms with Crippen LogP contribution in [0.15, 0.2) is 85.5 Å². The van der Waals surface area contributed by atoms with E-state index in [9.17, 15) is 44.1 Å². The van der Waals surface area contributed by atoms with E-state index in [-0.39, 0.29) is 86.9 Å². The van der Waals surface area contributed by atoms with Crippen molar-refractivity contribution in [1.29, 1.82) is 0 Å². The minimum atomic E-state index is -1.40. The molecule has 3 aromatic carbocycles. The summed E-state index contributed by atoms with van der Waals surface area (Å²) in [5, 5.41) is 37.0. The van der Waals surface area contributed by atoms with E-state index in [1.54, 1.807) is 72.8 Å². The highest BCUT2D eigenvalue weighted by Gasteiger charge is 2.26. The Labute approximate surface area is 382 Å². The Balaban J connectivity index is 0.000000864. The van der Waals surface area contributed by atoms with Gasteiger partial charge in [-0.1, -0.05) is 6.58 Å². The number of carbonyl (C=O) groups is 6. The van der Waals surface area contributed by atoms with Gasteiger partial charge in [0.1, 0.15) is 67.1 Å². The molecule has 4 N–H and O–H groups in total. The van der Waals surface area contributed by atoms with Gasteiger partial charge in [0.05, 0.1) is 13.0 Å². The number of esters is 2. The highest BCUT2D eigenvalue weighted by Crippen LogP contribution is 2.19. The number of carbonyl (C=O) groups excluding carboxylic acids is 6. The van der Waals surface area contributed by atoms with Crippen molar-refractivity contribution in [3.63, 3.8) is 0 Å². The molecule has 0 aromatic heterocycles. The lowest BCUT2D eigenvalue weighted by Gasteiger charge is -2.15. The van der Waals surface area contributed by atoms with Gasteiger partial charge in [-0.3, -0.25) is 24.0 Å². The van der Waals surface area contributed by atoms with Gasteiger partial charge in [0.15, 0.2) is 17.3 Å². The first-order chi connectivity index (χ1) is 29.4. The molecule has 0 spiro atoms. The fourth-order valence-corrected chi connectivity index (χ4v) is 4.75. The zero-order chi connectivity index (χ0) is 48.2. The maximum Gasteiger partial charge on any atom is 0.330 e. The van der Waals surface area contributed by atoms with E-state index in [1.165, 1.54) is 41.5 Å². The average molecular weight is 944 g/mol. The molecule has 18 heteroatoms. The number of ether oxygens (including phenoxy) is 5. The zero-order valence-corrected chi connectivity index (χ0v) is 38.5. The van der Waals surface area contributed by atoms with Gasteiger partial charge in [0.25, 0.3) is 0 Å². The number of rotatable bonds is 22. The van der Waals surface area contributed by atoms with Crippen LogP contribution in [-0.4, -0.2) is 123 Å². The van der Waals surface area contributed by atoms with E-state index in [1.807, 2.05) is 0 Å². The number of Topliss-reactive ketones (excluding diaryl/α,β-unsaturated/α-hetero) is 3. The number of alkyl halides is 2.